The number of nitrogens with one attached hydrogen (secondary N) is 1. The highest BCUT2D eigenvalue weighted by molar-refractivity contribution is 6.02. The summed E-state index contributed by atoms with van der Waals surface area (Å²) < 4.78 is 0. The van der Waals surface area contributed by atoms with E-state index >= 15 is 0 Å². The Kier molecular flexibility index (Phi) is 4.12. The Hall–Kier alpha value is -1.06. The molecule has 0 bridgehead atoms. The Balaban J connectivity index is 2.44. The quantitative estimate of drug-likeness (QED) is 0.864. The monoisotopic (exact) mass is 280 g/mol. The van der Waals surface area contributed by atoms with Crippen molar-refractivity contribution in [2.24, 2.45) is 0 Å². The summed E-state index contributed by atoms with van der Waals surface area (Å²) in [6.07, 6.45) is 6.17. The van der Waals surface area contributed by atoms with Crippen LogP contribution in [0.2, 0.25) is 0 Å². The molecule has 1 aliphatic carbocycles. The lowest BCUT2D eigenvalue weighted by atomic mass is 9.74. The highest BCUT2D eigenvalue weighted by Crippen LogP contribution is 2.39. The maximum atomic E-state index is 13.1. The second-order valence-electron chi connectivity index (χ2n) is 6.60. The molecule has 4 nitrogen and oxygen atoms in total. The minimum Gasteiger partial charge on any atom is -0.340 e. The number of amides is 2. The van der Waals surface area contributed by atoms with Crippen molar-refractivity contribution in [3.05, 3.63) is 0 Å². The molecule has 0 radical (unpaired) electrons. The number of nitrogens with zero attached hydrogens (tertiary/aromatic N) is 1. The molecule has 0 aromatic heterocycles. The SMILES string of the molecule is CCC1(CC)C(=O)NC2(CCCCC2)C(=O)N1C(C)C. The summed E-state index contributed by atoms with van der Waals surface area (Å²) in [5, 5.41) is 3.13. The van der Waals surface area contributed by atoms with E-state index in [1.54, 1.807) is 0 Å². The smallest absolute Gasteiger partial charge is 0.249 e. The van der Waals surface area contributed by atoms with Gasteiger partial charge < -0.3 is 10.2 Å². The van der Waals surface area contributed by atoms with E-state index < -0.39 is 11.1 Å². The molecule has 0 aromatic rings. The number of carbonyl (C=O) groups is 2. The minimum atomic E-state index is -0.659. The Labute approximate surface area is 122 Å². The fraction of sp³-hybridized carbons (Fsp3) is 0.875. The molecule has 0 atom stereocenters. The van der Waals surface area contributed by atoms with Gasteiger partial charge in [0.25, 0.3) is 0 Å². The highest BCUT2D eigenvalue weighted by Gasteiger charge is 2.57. The fourth-order valence-electron chi connectivity index (χ4n) is 4.06. The van der Waals surface area contributed by atoms with E-state index in [9.17, 15) is 9.59 Å². The second kappa shape index (κ2) is 5.38. The van der Waals surface area contributed by atoms with Gasteiger partial charge in [0.05, 0.1) is 0 Å². The maximum absolute atomic E-state index is 13.1. The van der Waals surface area contributed by atoms with Crippen molar-refractivity contribution in [1.82, 2.24) is 10.2 Å². The summed E-state index contributed by atoms with van der Waals surface area (Å²) in [6, 6.07) is 0.0623. The summed E-state index contributed by atoms with van der Waals surface area (Å²) in [5.41, 5.74) is -1.28. The molecule has 114 valence electrons. The van der Waals surface area contributed by atoms with Gasteiger partial charge in [-0.15, -0.1) is 0 Å². The Morgan fingerprint density at radius 2 is 1.65 bits per heavy atom. The normalized spacial score (nSPS) is 25.1. The van der Waals surface area contributed by atoms with Crippen molar-refractivity contribution in [2.75, 3.05) is 0 Å². The molecular formula is C16H28N2O2. The molecule has 0 aromatic carbocycles. The third-order valence-electron chi connectivity index (χ3n) is 5.26. The zero-order valence-corrected chi connectivity index (χ0v) is 13.3. The minimum absolute atomic E-state index is 0.0534. The molecule has 2 rings (SSSR count). The van der Waals surface area contributed by atoms with Crippen LogP contribution in [0.5, 0.6) is 0 Å². The van der Waals surface area contributed by atoms with Gasteiger partial charge >= 0.3 is 0 Å². The Morgan fingerprint density at radius 3 is 2.10 bits per heavy atom. The Morgan fingerprint density at radius 1 is 1.10 bits per heavy atom. The van der Waals surface area contributed by atoms with Gasteiger partial charge in [-0.25, -0.2) is 0 Å². The summed E-state index contributed by atoms with van der Waals surface area (Å²) in [6.45, 7) is 8.05. The van der Waals surface area contributed by atoms with E-state index in [0.717, 1.165) is 25.7 Å². The second-order valence-corrected chi connectivity index (χ2v) is 6.60. The zero-order chi connectivity index (χ0) is 15.0. The first-order chi connectivity index (χ1) is 9.43. The topological polar surface area (TPSA) is 49.4 Å². The van der Waals surface area contributed by atoms with Gasteiger partial charge in [0, 0.05) is 6.04 Å². The van der Waals surface area contributed by atoms with Gasteiger partial charge in [-0.2, -0.15) is 0 Å². The van der Waals surface area contributed by atoms with Gasteiger partial charge in [-0.05, 0) is 39.5 Å². The van der Waals surface area contributed by atoms with Gasteiger partial charge in [0.2, 0.25) is 11.8 Å². The molecule has 20 heavy (non-hydrogen) atoms. The number of hydrogen-bond acceptors (Lipinski definition) is 2. The molecule has 2 fully saturated rings. The summed E-state index contributed by atoms with van der Waals surface area (Å²) in [7, 11) is 0. The van der Waals surface area contributed by atoms with Gasteiger partial charge in [0.1, 0.15) is 11.1 Å². The van der Waals surface area contributed by atoms with Crippen LogP contribution in [0.1, 0.15) is 72.6 Å². The number of piperazine rings is 1. The van der Waals surface area contributed by atoms with Crippen LogP contribution in [-0.2, 0) is 9.59 Å². The molecule has 1 heterocycles. The van der Waals surface area contributed by atoms with Crippen LogP contribution in [0.15, 0.2) is 0 Å². The average Bonchev–Trinajstić information content (AvgIpc) is 2.43. The van der Waals surface area contributed by atoms with E-state index in [1.807, 2.05) is 32.6 Å². The largest absolute Gasteiger partial charge is 0.340 e. The van der Waals surface area contributed by atoms with Crippen LogP contribution < -0.4 is 5.32 Å². The lowest BCUT2D eigenvalue weighted by Gasteiger charge is -2.55. The zero-order valence-electron chi connectivity index (χ0n) is 13.3. The first-order valence-corrected chi connectivity index (χ1v) is 8.10. The maximum Gasteiger partial charge on any atom is 0.249 e. The third kappa shape index (κ3) is 2.04. The van der Waals surface area contributed by atoms with E-state index in [-0.39, 0.29) is 17.9 Å². The predicted octanol–water partition coefficient (Wildman–Crippen LogP) is 2.61. The van der Waals surface area contributed by atoms with Gasteiger partial charge in [0.15, 0.2) is 0 Å². The van der Waals surface area contributed by atoms with Crippen molar-refractivity contribution in [3.8, 4) is 0 Å². The lowest BCUT2D eigenvalue weighted by molar-refractivity contribution is -0.168. The van der Waals surface area contributed by atoms with Crippen LogP contribution in [0, 0.1) is 0 Å². The molecular weight excluding hydrogens is 252 g/mol. The van der Waals surface area contributed by atoms with E-state index in [4.69, 9.17) is 0 Å². The summed E-state index contributed by atoms with van der Waals surface area (Å²) >= 11 is 0. The molecule has 4 heteroatoms. The average molecular weight is 280 g/mol. The van der Waals surface area contributed by atoms with Crippen molar-refractivity contribution in [3.63, 3.8) is 0 Å². The first-order valence-electron chi connectivity index (χ1n) is 8.10. The fourth-order valence-corrected chi connectivity index (χ4v) is 4.06. The van der Waals surface area contributed by atoms with Gasteiger partial charge in [-0.1, -0.05) is 33.1 Å². The Bertz CT molecular complexity index is 393. The molecule has 1 aliphatic heterocycles. The lowest BCUT2D eigenvalue weighted by Crippen LogP contribution is -2.77. The van der Waals surface area contributed by atoms with Crippen LogP contribution in [0.4, 0.5) is 0 Å². The number of carbonyl (C=O) groups excluding carboxylic acids is 2. The molecule has 2 aliphatic rings. The third-order valence-corrected chi connectivity index (χ3v) is 5.26. The summed E-state index contributed by atoms with van der Waals surface area (Å²) in [5.74, 6) is 0.202. The molecule has 0 unspecified atom stereocenters. The van der Waals surface area contributed by atoms with E-state index in [2.05, 4.69) is 5.32 Å². The predicted molar refractivity (Wildman–Crippen MR) is 79.3 cm³/mol. The van der Waals surface area contributed by atoms with Crippen molar-refractivity contribution in [1.29, 1.82) is 0 Å². The van der Waals surface area contributed by atoms with Crippen molar-refractivity contribution < 1.29 is 9.59 Å². The molecule has 1 saturated heterocycles. The van der Waals surface area contributed by atoms with Crippen LogP contribution in [0.3, 0.4) is 0 Å². The summed E-state index contributed by atoms with van der Waals surface area (Å²) in [4.78, 5) is 27.8. The molecule has 2 amide bonds. The molecule has 1 spiro atoms. The van der Waals surface area contributed by atoms with E-state index in [0.29, 0.717) is 12.8 Å². The van der Waals surface area contributed by atoms with Crippen LogP contribution >= 0.6 is 0 Å². The van der Waals surface area contributed by atoms with Crippen LogP contribution in [-0.4, -0.2) is 33.8 Å². The van der Waals surface area contributed by atoms with Crippen molar-refractivity contribution >= 4 is 11.8 Å². The highest BCUT2D eigenvalue weighted by atomic mass is 16.2. The standard InChI is InChI=1S/C16H28N2O2/c1-5-16(6-2)13(19)17-15(10-8-7-9-11-15)14(20)18(16)12(3)4/h12H,5-11H2,1-4H3,(H,17,19). The first kappa shape index (κ1) is 15.3. The van der Waals surface area contributed by atoms with E-state index in [1.165, 1.54) is 6.42 Å². The van der Waals surface area contributed by atoms with Gasteiger partial charge in [-0.3, -0.25) is 9.59 Å². The number of hydrogen-bond donors (Lipinski definition) is 1. The number of rotatable bonds is 3. The van der Waals surface area contributed by atoms with Crippen molar-refractivity contribution in [2.45, 2.75) is 89.8 Å². The molecule has 1 saturated carbocycles. The van der Waals surface area contributed by atoms with Crippen LogP contribution in [0.25, 0.3) is 0 Å². The molecule has 1 N–H and O–H groups in total.